The Hall–Kier alpha value is -1.80. The van der Waals surface area contributed by atoms with Gasteiger partial charge in [0.05, 0.1) is 11.5 Å². The number of alkyl halides is 6. The van der Waals surface area contributed by atoms with E-state index >= 15 is 0 Å². The molecule has 0 N–H and O–H groups in total. The Bertz CT molecular complexity index is 529. The van der Waals surface area contributed by atoms with Crippen molar-refractivity contribution in [2.24, 2.45) is 5.92 Å². The van der Waals surface area contributed by atoms with Crippen LogP contribution in [-0.4, -0.2) is 35.1 Å². The summed E-state index contributed by atoms with van der Waals surface area (Å²) in [4.78, 5) is 16.4. The predicted molar refractivity (Wildman–Crippen MR) is 63.9 cm³/mol. The van der Waals surface area contributed by atoms with Crippen molar-refractivity contribution >= 4 is 5.91 Å². The van der Waals surface area contributed by atoms with E-state index in [1.807, 2.05) is 0 Å². The lowest BCUT2D eigenvalue weighted by Gasteiger charge is -2.32. The van der Waals surface area contributed by atoms with E-state index in [9.17, 15) is 31.1 Å². The smallest absolute Gasteiger partial charge is 0.339 e. The highest BCUT2D eigenvalue weighted by Gasteiger charge is 2.41. The van der Waals surface area contributed by atoms with Gasteiger partial charge < -0.3 is 4.90 Å². The molecule has 0 spiro atoms. The number of aromatic nitrogens is 1. The average Bonchev–Trinajstić information content (AvgIpc) is 2.45. The molecule has 1 aliphatic rings. The average molecular weight is 326 g/mol. The summed E-state index contributed by atoms with van der Waals surface area (Å²) in [5.41, 5.74) is -1.20. The summed E-state index contributed by atoms with van der Waals surface area (Å²) < 4.78 is 74.7. The first-order valence-electron chi connectivity index (χ1n) is 6.48. The van der Waals surface area contributed by atoms with Crippen molar-refractivity contribution in [1.82, 2.24) is 9.88 Å². The molecule has 0 unspecified atom stereocenters. The van der Waals surface area contributed by atoms with Crippen LogP contribution < -0.4 is 0 Å². The predicted octanol–water partition coefficient (Wildman–Crippen LogP) is 3.51. The number of rotatable bonds is 1. The van der Waals surface area contributed by atoms with E-state index in [1.165, 1.54) is 4.90 Å². The summed E-state index contributed by atoms with van der Waals surface area (Å²) in [5, 5.41) is 0. The van der Waals surface area contributed by atoms with Crippen molar-refractivity contribution in [3.63, 3.8) is 0 Å². The van der Waals surface area contributed by atoms with Gasteiger partial charge in [-0.05, 0) is 25.0 Å². The fourth-order valence-electron chi connectivity index (χ4n) is 2.28. The molecule has 1 aromatic rings. The lowest BCUT2D eigenvalue weighted by Crippen LogP contribution is -2.42. The Morgan fingerprint density at radius 1 is 1.09 bits per heavy atom. The zero-order valence-corrected chi connectivity index (χ0v) is 11.2. The van der Waals surface area contributed by atoms with Crippen molar-refractivity contribution < 1.29 is 31.1 Å². The molecule has 122 valence electrons. The van der Waals surface area contributed by atoms with Gasteiger partial charge in [-0.2, -0.15) is 26.3 Å². The molecule has 2 rings (SSSR count). The summed E-state index contributed by atoms with van der Waals surface area (Å²) in [6.45, 7) is -0.159. The van der Waals surface area contributed by atoms with Crippen LogP contribution in [0.5, 0.6) is 0 Å². The molecule has 0 bridgehead atoms. The number of pyridine rings is 1. The highest BCUT2D eigenvalue weighted by molar-refractivity contribution is 5.94. The molecule has 1 saturated heterocycles. The van der Waals surface area contributed by atoms with E-state index in [-0.39, 0.29) is 31.5 Å². The second kappa shape index (κ2) is 5.77. The van der Waals surface area contributed by atoms with Gasteiger partial charge in [-0.15, -0.1) is 0 Å². The standard InChI is InChI=1S/C13H12F6N2O/c14-12(15,16)9-3-5-21(6-4-9)11(22)8-1-2-10(20-7-8)13(17,18)19/h1-2,7,9H,3-6H2. The Labute approximate surface area is 121 Å². The molecular formula is C13H12F6N2O. The lowest BCUT2D eigenvalue weighted by molar-refractivity contribution is -0.183. The molecule has 3 nitrogen and oxygen atoms in total. The molecule has 1 aromatic heterocycles. The monoisotopic (exact) mass is 326 g/mol. The fraction of sp³-hybridized carbons (Fsp3) is 0.538. The van der Waals surface area contributed by atoms with Crippen molar-refractivity contribution in [3.05, 3.63) is 29.6 Å². The summed E-state index contributed by atoms with van der Waals surface area (Å²) in [6, 6.07) is 1.66. The molecule has 0 radical (unpaired) electrons. The highest BCUT2D eigenvalue weighted by Crippen LogP contribution is 2.34. The van der Waals surface area contributed by atoms with Gasteiger partial charge in [0.25, 0.3) is 5.91 Å². The summed E-state index contributed by atoms with van der Waals surface area (Å²) in [5.74, 6) is -2.05. The molecule has 1 fully saturated rings. The van der Waals surface area contributed by atoms with Crippen LogP contribution in [0.15, 0.2) is 18.3 Å². The molecule has 9 heteroatoms. The largest absolute Gasteiger partial charge is 0.433 e. The second-order valence-corrected chi connectivity index (χ2v) is 5.04. The lowest BCUT2D eigenvalue weighted by atomic mass is 9.96. The van der Waals surface area contributed by atoms with Crippen LogP contribution in [0.25, 0.3) is 0 Å². The quantitative estimate of drug-likeness (QED) is 0.740. The van der Waals surface area contributed by atoms with Gasteiger partial charge in [0, 0.05) is 19.3 Å². The number of piperidine rings is 1. The van der Waals surface area contributed by atoms with E-state index in [0.717, 1.165) is 12.3 Å². The molecule has 1 amide bonds. The van der Waals surface area contributed by atoms with Crippen molar-refractivity contribution in [2.75, 3.05) is 13.1 Å². The maximum absolute atomic E-state index is 12.5. The number of carbonyl (C=O) groups excluding carboxylic acids is 1. The van der Waals surface area contributed by atoms with E-state index in [0.29, 0.717) is 6.07 Å². The van der Waals surface area contributed by atoms with E-state index in [2.05, 4.69) is 4.98 Å². The summed E-state index contributed by atoms with van der Waals surface area (Å²) in [7, 11) is 0. The number of nitrogens with zero attached hydrogens (tertiary/aromatic N) is 2. The Balaban J connectivity index is 2.01. The maximum atomic E-state index is 12.5. The third-order valence-electron chi connectivity index (χ3n) is 3.55. The number of likely N-dealkylation sites (tertiary alicyclic amines) is 1. The van der Waals surface area contributed by atoms with Gasteiger partial charge in [-0.1, -0.05) is 0 Å². The minimum absolute atomic E-state index is 0.0709. The zero-order chi connectivity index (χ0) is 16.5. The first-order valence-corrected chi connectivity index (χ1v) is 6.48. The van der Waals surface area contributed by atoms with Gasteiger partial charge in [0.15, 0.2) is 0 Å². The van der Waals surface area contributed by atoms with Crippen LogP contribution in [0.3, 0.4) is 0 Å². The van der Waals surface area contributed by atoms with E-state index in [4.69, 9.17) is 0 Å². The normalized spacial score (nSPS) is 17.6. The minimum Gasteiger partial charge on any atom is -0.339 e. The first kappa shape index (κ1) is 16.6. The van der Waals surface area contributed by atoms with Gasteiger partial charge >= 0.3 is 12.4 Å². The Kier molecular flexibility index (Phi) is 4.35. The Morgan fingerprint density at radius 3 is 2.09 bits per heavy atom. The fourth-order valence-corrected chi connectivity index (χ4v) is 2.28. The van der Waals surface area contributed by atoms with E-state index < -0.39 is 29.9 Å². The number of halogens is 6. The molecule has 2 heterocycles. The highest BCUT2D eigenvalue weighted by atomic mass is 19.4. The third kappa shape index (κ3) is 3.69. The molecule has 22 heavy (non-hydrogen) atoms. The maximum Gasteiger partial charge on any atom is 0.433 e. The molecule has 0 aromatic carbocycles. The summed E-state index contributed by atoms with van der Waals surface area (Å²) >= 11 is 0. The van der Waals surface area contributed by atoms with Crippen LogP contribution in [0.2, 0.25) is 0 Å². The van der Waals surface area contributed by atoms with Gasteiger partial charge in [0.2, 0.25) is 0 Å². The van der Waals surface area contributed by atoms with Crippen LogP contribution in [-0.2, 0) is 6.18 Å². The van der Waals surface area contributed by atoms with Crippen LogP contribution >= 0.6 is 0 Å². The summed E-state index contributed by atoms with van der Waals surface area (Å²) in [6.07, 6.45) is -8.51. The minimum atomic E-state index is -4.60. The zero-order valence-electron chi connectivity index (χ0n) is 11.2. The van der Waals surface area contributed by atoms with Gasteiger partial charge in [0.1, 0.15) is 5.69 Å². The van der Waals surface area contributed by atoms with Crippen LogP contribution in [0.1, 0.15) is 28.9 Å². The molecule has 0 saturated carbocycles. The van der Waals surface area contributed by atoms with Crippen molar-refractivity contribution in [2.45, 2.75) is 25.2 Å². The first-order chi connectivity index (χ1) is 10.1. The van der Waals surface area contributed by atoms with Crippen LogP contribution in [0.4, 0.5) is 26.3 Å². The topological polar surface area (TPSA) is 33.2 Å². The van der Waals surface area contributed by atoms with Crippen molar-refractivity contribution in [1.29, 1.82) is 0 Å². The molecule has 0 atom stereocenters. The number of hydrogen-bond donors (Lipinski definition) is 0. The number of hydrogen-bond acceptors (Lipinski definition) is 2. The molecule has 1 aliphatic heterocycles. The number of carbonyl (C=O) groups is 1. The SMILES string of the molecule is O=C(c1ccc(C(F)(F)F)nc1)N1CCC(C(F)(F)F)CC1. The van der Waals surface area contributed by atoms with E-state index in [1.54, 1.807) is 0 Å². The second-order valence-electron chi connectivity index (χ2n) is 5.04. The van der Waals surface area contributed by atoms with Crippen LogP contribution in [0, 0.1) is 5.92 Å². The van der Waals surface area contributed by atoms with Gasteiger partial charge in [-0.3, -0.25) is 9.78 Å². The third-order valence-corrected chi connectivity index (χ3v) is 3.55. The molecular weight excluding hydrogens is 314 g/mol. The van der Waals surface area contributed by atoms with Crippen molar-refractivity contribution in [3.8, 4) is 0 Å². The van der Waals surface area contributed by atoms with Gasteiger partial charge in [-0.25, -0.2) is 0 Å². The molecule has 0 aliphatic carbocycles. The number of amides is 1. The Morgan fingerprint density at radius 2 is 1.68 bits per heavy atom.